The van der Waals surface area contributed by atoms with E-state index in [9.17, 15) is 0 Å². The van der Waals surface area contributed by atoms with Crippen LogP contribution >= 0.6 is 11.8 Å². The number of thioether (sulfide) groups is 1. The van der Waals surface area contributed by atoms with Gasteiger partial charge in [-0.05, 0) is 24.9 Å². The van der Waals surface area contributed by atoms with E-state index in [-0.39, 0.29) is 0 Å². The molecule has 11 heavy (non-hydrogen) atoms. The molecule has 0 aliphatic rings. The van der Waals surface area contributed by atoms with Crippen LogP contribution in [0.2, 0.25) is 0 Å². The smallest absolute Gasteiger partial charge is 0.00672 e. The molecule has 0 amide bonds. The molecule has 0 bridgehead atoms. The third-order valence-electron chi connectivity index (χ3n) is 1.79. The first-order chi connectivity index (χ1) is 5.41. The first kappa shape index (κ1) is 11.4. The van der Waals surface area contributed by atoms with E-state index >= 15 is 0 Å². The molecule has 0 nitrogen and oxygen atoms in total. The van der Waals surface area contributed by atoms with E-state index in [4.69, 9.17) is 0 Å². The predicted octanol–water partition coefficient (Wildman–Crippen LogP) is 3.91. The van der Waals surface area contributed by atoms with E-state index in [1.165, 1.54) is 44.3 Å². The Kier molecular flexibility index (Phi) is 10.7. The van der Waals surface area contributed by atoms with Crippen LogP contribution in [0.5, 0.6) is 0 Å². The Morgan fingerprint density at radius 2 is 1.64 bits per heavy atom. The van der Waals surface area contributed by atoms with Crippen molar-refractivity contribution in [3.05, 3.63) is 6.92 Å². The van der Waals surface area contributed by atoms with Crippen LogP contribution in [0, 0.1) is 6.92 Å². The van der Waals surface area contributed by atoms with Crippen molar-refractivity contribution in [1.82, 2.24) is 0 Å². The fourth-order valence-electron chi connectivity index (χ4n) is 1.09. The summed E-state index contributed by atoms with van der Waals surface area (Å²) in [4.78, 5) is 0. The summed E-state index contributed by atoms with van der Waals surface area (Å²) in [5, 5.41) is 0. The van der Waals surface area contributed by atoms with Crippen molar-refractivity contribution in [1.29, 1.82) is 0 Å². The maximum atomic E-state index is 3.80. The Balaban J connectivity index is 2.69. The summed E-state index contributed by atoms with van der Waals surface area (Å²) in [7, 11) is 0. The van der Waals surface area contributed by atoms with E-state index in [2.05, 4.69) is 13.8 Å². The Bertz CT molecular complexity index is 53.9. The molecule has 0 saturated heterocycles. The second-order valence-electron chi connectivity index (χ2n) is 2.88. The van der Waals surface area contributed by atoms with Crippen LogP contribution in [0.3, 0.4) is 0 Å². The van der Waals surface area contributed by atoms with Crippen LogP contribution in [-0.2, 0) is 0 Å². The van der Waals surface area contributed by atoms with Gasteiger partial charge in [0.1, 0.15) is 0 Å². The highest BCUT2D eigenvalue weighted by atomic mass is 32.2. The standard InChI is InChI=1S/C10H21S/c1-3-5-6-7-8-9-10-11-4-2/h2-10H2,1H3. The number of hydrogen-bond acceptors (Lipinski definition) is 1. The number of hydrogen-bond donors (Lipinski definition) is 0. The molecule has 0 aromatic carbocycles. The maximum Gasteiger partial charge on any atom is -0.00672 e. The molecule has 0 spiro atoms. The molecule has 0 aromatic heterocycles. The van der Waals surface area contributed by atoms with Crippen molar-refractivity contribution in [2.24, 2.45) is 0 Å². The summed E-state index contributed by atoms with van der Waals surface area (Å²) in [5.74, 6) is 2.35. The van der Waals surface area contributed by atoms with E-state index in [1.807, 2.05) is 11.8 Å². The lowest BCUT2D eigenvalue weighted by atomic mass is 10.1. The molecule has 0 unspecified atom stereocenters. The molecule has 67 valence electrons. The van der Waals surface area contributed by atoms with Gasteiger partial charge in [0.15, 0.2) is 0 Å². The van der Waals surface area contributed by atoms with E-state index in [0.29, 0.717) is 0 Å². The van der Waals surface area contributed by atoms with Crippen molar-refractivity contribution >= 4 is 11.8 Å². The molecule has 0 aromatic rings. The Labute approximate surface area is 76.1 Å². The van der Waals surface area contributed by atoms with Crippen LogP contribution in [0.4, 0.5) is 0 Å². The number of unbranched alkanes of at least 4 members (excludes halogenated alkanes) is 5. The van der Waals surface area contributed by atoms with Crippen molar-refractivity contribution in [3.8, 4) is 0 Å². The molecule has 0 heterocycles. The Morgan fingerprint density at radius 1 is 1.00 bits per heavy atom. The fraction of sp³-hybridized carbons (Fsp3) is 0.900. The number of rotatable bonds is 8. The zero-order valence-electron chi connectivity index (χ0n) is 7.77. The first-order valence-corrected chi connectivity index (χ1v) is 5.94. The predicted molar refractivity (Wildman–Crippen MR) is 56.1 cm³/mol. The molecule has 1 radical (unpaired) electrons. The molecule has 1 heteroatoms. The minimum absolute atomic E-state index is 1.04. The quantitative estimate of drug-likeness (QED) is 0.501. The van der Waals surface area contributed by atoms with Gasteiger partial charge in [0.05, 0.1) is 0 Å². The third-order valence-corrected chi connectivity index (χ3v) is 2.65. The van der Waals surface area contributed by atoms with Crippen LogP contribution in [0.25, 0.3) is 0 Å². The van der Waals surface area contributed by atoms with Gasteiger partial charge in [-0.3, -0.25) is 0 Å². The minimum Gasteiger partial charge on any atom is -0.162 e. The summed E-state index contributed by atoms with van der Waals surface area (Å²) in [6, 6.07) is 0. The Morgan fingerprint density at radius 3 is 2.27 bits per heavy atom. The van der Waals surface area contributed by atoms with Crippen molar-refractivity contribution in [2.75, 3.05) is 11.5 Å². The highest BCUT2D eigenvalue weighted by Crippen LogP contribution is 2.08. The second-order valence-corrected chi connectivity index (χ2v) is 4.10. The monoisotopic (exact) mass is 173 g/mol. The molecule has 0 atom stereocenters. The van der Waals surface area contributed by atoms with Crippen LogP contribution < -0.4 is 0 Å². The molecular weight excluding hydrogens is 152 g/mol. The SMILES string of the molecule is [CH2]CSCCCCCCCC. The fourth-order valence-corrected chi connectivity index (χ4v) is 1.70. The van der Waals surface area contributed by atoms with Gasteiger partial charge in [-0.2, -0.15) is 11.8 Å². The lowest BCUT2D eigenvalue weighted by molar-refractivity contribution is 0.627. The van der Waals surface area contributed by atoms with Gasteiger partial charge in [-0.25, -0.2) is 0 Å². The lowest BCUT2D eigenvalue weighted by Gasteiger charge is -1.98. The summed E-state index contributed by atoms with van der Waals surface area (Å²) < 4.78 is 0. The molecule has 0 saturated carbocycles. The molecule has 0 N–H and O–H groups in total. The average molecular weight is 173 g/mol. The van der Waals surface area contributed by atoms with Gasteiger partial charge in [0.25, 0.3) is 0 Å². The largest absolute Gasteiger partial charge is 0.162 e. The minimum atomic E-state index is 1.04. The van der Waals surface area contributed by atoms with Crippen molar-refractivity contribution in [3.63, 3.8) is 0 Å². The molecular formula is C10H21S. The molecule has 0 aliphatic heterocycles. The zero-order chi connectivity index (χ0) is 8.36. The van der Waals surface area contributed by atoms with Gasteiger partial charge < -0.3 is 0 Å². The first-order valence-electron chi connectivity index (χ1n) is 4.78. The van der Waals surface area contributed by atoms with Crippen LogP contribution in [0.15, 0.2) is 0 Å². The van der Waals surface area contributed by atoms with Crippen LogP contribution in [0.1, 0.15) is 45.4 Å². The van der Waals surface area contributed by atoms with Gasteiger partial charge in [0, 0.05) is 0 Å². The summed E-state index contributed by atoms with van der Waals surface area (Å²) >= 11 is 1.96. The highest BCUT2D eigenvalue weighted by Gasteiger charge is 1.89. The zero-order valence-corrected chi connectivity index (χ0v) is 8.59. The summed E-state index contributed by atoms with van der Waals surface area (Å²) in [6.07, 6.45) is 8.46. The van der Waals surface area contributed by atoms with Crippen molar-refractivity contribution < 1.29 is 0 Å². The lowest BCUT2D eigenvalue weighted by Crippen LogP contribution is -1.82. The molecule has 0 rings (SSSR count). The third kappa shape index (κ3) is 10.4. The summed E-state index contributed by atoms with van der Waals surface area (Å²) in [6.45, 7) is 6.06. The van der Waals surface area contributed by atoms with Gasteiger partial charge in [-0.15, -0.1) is 0 Å². The van der Waals surface area contributed by atoms with Crippen LogP contribution in [-0.4, -0.2) is 11.5 Å². The average Bonchev–Trinajstić information content (AvgIpc) is 2.03. The van der Waals surface area contributed by atoms with Gasteiger partial charge in [0.2, 0.25) is 0 Å². The van der Waals surface area contributed by atoms with Gasteiger partial charge >= 0.3 is 0 Å². The molecule has 0 fully saturated rings. The maximum absolute atomic E-state index is 3.80. The van der Waals surface area contributed by atoms with Crippen molar-refractivity contribution in [2.45, 2.75) is 45.4 Å². The van der Waals surface area contributed by atoms with E-state index in [0.717, 1.165) is 5.75 Å². The van der Waals surface area contributed by atoms with E-state index < -0.39 is 0 Å². The second kappa shape index (κ2) is 10.3. The Hall–Kier alpha value is 0.350. The topological polar surface area (TPSA) is 0 Å². The normalized spacial score (nSPS) is 10.4. The van der Waals surface area contributed by atoms with E-state index in [1.54, 1.807) is 0 Å². The summed E-state index contributed by atoms with van der Waals surface area (Å²) in [5.41, 5.74) is 0. The van der Waals surface area contributed by atoms with Gasteiger partial charge in [-0.1, -0.05) is 39.0 Å². The highest BCUT2D eigenvalue weighted by molar-refractivity contribution is 7.99. The molecule has 0 aliphatic carbocycles.